The zero-order chi connectivity index (χ0) is 11.1. The first-order chi connectivity index (χ1) is 7.77. The fraction of sp³-hybridized carbons (Fsp3) is 0.462. The lowest BCUT2D eigenvalue weighted by atomic mass is 9.95. The third-order valence-electron chi connectivity index (χ3n) is 3.52. The highest BCUT2D eigenvalue weighted by Crippen LogP contribution is 2.39. The number of carbonyl (C=O) groups is 1. The van der Waals surface area contributed by atoms with Gasteiger partial charge in [-0.1, -0.05) is 18.2 Å². The second-order valence-electron chi connectivity index (χ2n) is 4.66. The molecule has 1 atom stereocenters. The van der Waals surface area contributed by atoms with Gasteiger partial charge in [0.15, 0.2) is 0 Å². The number of hydrogen-bond donors (Lipinski definition) is 1. The van der Waals surface area contributed by atoms with Crippen LogP contribution in [0.15, 0.2) is 24.3 Å². The van der Waals surface area contributed by atoms with Gasteiger partial charge in [0, 0.05) is 11.7 Å². The van der Waals surface area contributed by atoms with E-state index in [2.05, 4.69) is 17.0 Å². The Morgan fingerprint density at radius 1 is 1.25 bits per heavy atom. The highest BCUT2D eigenvalue weighted by atomic mass is 16.4. The number of hydrogen-bond acceptors (Lipinski definition) is 2. The highest BCUT2D eigenvalue weighted by Gasteiger charge is 2.40. The van der Waals surface area contributed by atoms with Gasteiger partial charge in [-0.15, -0.1) is 0 Å². The van der Waals surface area contributed by atoms with E-state index in [0.717, 1.165) is 31.4 Å². The van der Waals surface area contributed by atoms with Crippen LogP contribution in [0.1, 0.15) is 24.8 Å². The molecule has 0 bridgehead atoms. The van der Waals surface area contributed by atoms with E-state index in [9.17, 15) is 9.90 Å². The van der Waals surface area contributed by atoms with Crippen molar-refractivity contribution in [2.24, 2.45) is 0 Å². The maximum absolute atomic E-state index is 11.3. The minimum absolute atomic E-state index is 0.317. The van der Waals surface area contributed by atoms with Crippen molar-refractivity contribution in [1.29, 1.82) is 0 Å². The molecule has 1 aromatic carbocycles. The molecule has 0 spiro atoms. The monoisotopic (exact) mass is 217 g/mol. The average Bonchev–Trinajstić information content (AvgIpc) is 3.11. The molecule has 0 radical (unpaired) electrons. The SMILES string of the molecule is O=C(O)C1CCc2ccccc2N1C1CC1. The second-order valence-corrected chi connectivity index (χ2v) is 4.66. The summed E-state index contributed by atoms with van der Waals surface area (Å²) in [6, 6.07) is 8.35. The number of nitrogens with zero attached hydrogens (tertiary/aromatic N) is 1. The van der Waals surface area contributed by atoms with E-state index in [0.29, 0.717) is 6.04 Å². The van der Waals surface area contributed by atoms with Crippen LogP contribution in [0.3, 0.4) is 0 Å². The van der Waals surface area contributed by atoms with Gasteiger partial charge >= 0.3 is 5.97 Å². The third-order valence-corrected chi connectivity index (χ3v) is 3.52. The van der Waals surface area contributed by atoms with Crippen molar-refractivity contribution in [3.8, 4) is 0 Å². The normalized spacial score (nSPS) is 24.0. The number of benzene rings is 1. The Hall–Kier alpha value is -1.51. The molecule has 1 N–H and O–H groups in total. The molecule has 1 aliphatic carbocycles. The summed E-state index contributed by atoms with van der Waals surface area (Å²) in [5.74, 6) is -0.679. The van der Waals surface area contributed by atoms with Crippen LogP contribution >= 0.6 is 0 Å². The van der Waals surface area contributed by atoms with Gasteiger partial charge in [-0.25, -0.2) is 4.79 Å². The van der Waals surface area contributed by atoms with Crippen LogP contribution in [-0.4, -0.2) is 23.2 Å². The number of carboxylic acids is 1. The number of aliphatic carboxylic acids is 1. The number of rotatable bonds is 2. The Morgan fingerprint density at radius 3 is 2.69 bits per heavy atom. The predicted octanol–water partition coefficient (Wildman–Crippen LogP) is 2.05. The van der Waals surface area contributed by atoms with Gasteiger partial charge in [-0.2, -0.15) is 0 Å². The van der Waals surface area contributed by atoms with Crippen LogP contribution < -0.4 is 4.90 Å². The van der Waals surface area contributed by atoms with Crippen molar-refractivity contribution >= 4 is 11.7 Å². The number of fused-ring (bicyclic) bond motifs is 1. The van der Waals surface area contributed by atoms with Gasteiger partial charge in [0.05, 0.1) is 0 Å². The van der Waals surface area contributed by atoms with Crippen LogP contribution in [0.4, 0.5) is 5.69 Å². The molecule has 1 saturated carbocycles. The highest BCUT2D eigenvalue weighted by molar-refractivity contribution is 5.80. The summed E-state index contributed by atoms with van der Waals surface area (Å²) in [5.41, 5.74) is 2.44. The summed E-state index contributed by atoms with van der Waals surface area (Å²) in [7, 11) is 0. The topological polar surface area (TPSA) is 40.5 Å². The molecule has 84 valence electrons. The first-order valence-electron chi connectivity index (χ1n) is 5.86. The van der Waals surface area contributed by atoms with E-state index in [1.807, 2.05) is 12.1 Å². The summed E-state index contributed by atoms with van der Waals surface area (Å²) in [6.07, 6.45) is 3.90. The lowest BCUT2D eigenvalue weighted by molar-refractivity contribution is -0.138. The summed E-state index contributed by atoms with van der Waals surface area (Å²) >= 11 is 0. The molecule has 1 fully saturated rings. The molecule has 3 heteroatoms. The predicted molar refractivity (Wildman–Crippen MR) is 61.7 cm³/mol. The van der Waals surface area contributed by atoms with Gasteiger partial charge < -0.3 is 10.0 Å². The Morgan fingerprint density at radius 2 is 2.00 bits per heavy atom. The summed E-state index contributed by atoms with van der Waals surface area (Å²) in [6.45, 7) is 0. The zero-order valence-electron chi connectivity index (χ0n) is 9.10. The largest absolute Gasteiger partial charge is 0.480 e. The molecular formula is C13H15NO2. The van der Waals surface area contributed by atoms with Gasteiger partial charge in [0.1, 0.15) is 6.04 Å². The molecule has 1 aliphatic heterocycles. The van der Waals surface area contributed by atoms with Crippen LogP contribution in [0, 0.1) is 0 Å². The second kappa shape index (κ2) is 3.51. The molecular weight excluding hydrogens is 202 g/mol. The molecule has 1 heterocycles. The molecule has 0 aromatic heterocycles. The van der Waals surface area contributed by atoms with E-state index in [4.69, 9.17) is 0 Å². The minimum Gasteiger partial charge on any atom is -0.480 e. The van der Waals surface area contributed by atoms with Crippen LogP contribution in [-0.2, 0) is 11.2 Å². The maximum atomic E-state index is 11.3. The van der Waals surface area contributed by atoms with E-state index in [1.54, 1.807) is 0 Å². The maximum Gasteiger partial charge on any atom is 0.326 e. The van der Waals surface area contributed by atoms with E-state index < -0.39 is 5.97 Å². The summed E-state index contributed by atoms with van der Waals surface area (Å²) in [5, 5.41) is 9.27. The smallest absolute Gasteiger partial charge is 0.326 e. The molecule has 1 unspecified atom stereocenters. The molecule has 0 amide bonds. The van der Waals surface area contributed by atoms with E-state index in [-0.39, 0.29) is 6.04 Å². The van der Waals surface area contributed by atoms with Crippen molar-refractivity contribution in [3.63, 3.8) is 0 Å². The standard InChI is InChI=1S/C13H15NO2/c15-13(16)12-8-5-9-3-1-2-4-11(9)14(12)10-6-7-10/h1-4,10,12H,5-8H2,(H,15,16). The summed E-state index contributed by atoms with van der Waals surface area (Å²) < 4.78 is 0. The number of para-hydroxylation sites is 1. The lowest BCUT2D eigenvalue weighted by Crippen LogP contribution is -2.46. The van der Waals surface area contributed by atoms with Crippen molar-refractivity contribution in [1.82, 2.24) is 0 Å². The quantitative estimate of drug-likeness (QED) is 0.824. The van der Waals surface area contributed by atoms with Crippen LogP contribution in [0.5, 0.6) is 0 Å². The van der Waals surface area contributed by atoms with Gasteiger partial charge in [-0.05, 0) is 37.3 Å². The Balaban J connectivity index is 2.02. The Bertz CT molecular complexity index is 426. The van der Waals surface area contributed by atoms with Crippen molar-refractivity contribution in [3.05, 3.63) is 29.8 Å². The summed E-state index contributed by atoms with van der Waals surface area (Å²) in [4.78, 5) is 13.4. The first-order valence-corrected chi connectivity index (χ1v) is 5.86. The number of anilines is 1. The zero-order valence-corrected chi connectivity index (χ0v) is 9.10. The first kappa shape index (κ1) is 9.70. The van der Waals surface area contributed by atoms with Gasteiger partial charge in [0.25, 0.3) is 0 Å². The molecule has 3 rings (SSSR count). The average molecular weight is 217 g/mol. The minimum atomic E-state index is -0.679. The van der Waals surface area contributed by atoms with Crippen LogP contribution in [0.25, 0.3) is 0 Å². The molecule has 1 aromatic rings. The molecule has 3 nitrogen and oxygen atoms in total. The fourth-order valence-corrected chi connectivity index (χ4v) is 2.62. The molecule has 2 aliphatic rings. The lowest BCUT2D eigenvalue weighted by Gasteiger charge is -2.36. The number of carboxylic acid groups (broad SMARTS) is 1. The van der Waals surface area contributed by atoms with Crippen molar-refractivity contribution in [2.75, 3.05) is 4.90 Å². The van der Waals surface area contributed by atoms with Gasteiger partial charge in [-0.3, -0.25) is 0 Å². The molecule has 16 heavy (non-hydrogen) atoms. The fourth-order valence-electron chi connectivity index (χ4n) is 2.62. The third kappa shape index (κ3) is 1.47. The van der Waals surface area contributed by atoms with E-state index in [1.165, 1.54) is 5.56 Å². The Labute approximate surface area is 94.7 Å². The van der Waals surface area contributed by atoms with Crippen LogP contribution in [0.2, 0.25) is 0 Å². The van der Waals surface area contributed by atoms with Gasteiger partial charge in [0.2, 0.25) is 0 Å². The number of aryl methyl sites for hydroxylation is 1. The molecule has 0 saturated heterocycles. The van der Waals surface area contributed by atoms with Crippen molar-refractivity contribution in [2.45, 2.75) is 37.8 Å². The van der Waals surface area contributed by atoms with E-state index >= 15 is 0 Å². The Kier molecular flexibility index (Phi) is 2.13. The van der Waals surface area contributed by atoms with Crippen molar-refractivity contribution < 1.29 is 9.90 Å².